The average molecular weight is 419 g/mol. The van der Waals surface area contributed by atoms with Crippen LogP contribution in [0.15, 0.2) is 22.7 Å². The Morgan fingerprint density at radius 1 is 1.33 bits per heavy atom. The number of rotatable bonds is 3. The minimum absolute atomic E-state index is 0.121. The molecule has 2 rings (SSSR count). The van der Waals surface area contributed by atoms with Gasteiger partial charge >= 0.3 is 6.09 Å². The molecule has 1 N–H and O–H groups in total. The number of hydrazine groups is 1. The number of nitrogens with one attached hydrogen (secondary N) is 1. The van der Waals surface area contributed by atoms with E-state index < -0.39 is 11.7 Å². The summed E-state index contributed by atoms with van der Waals surface area (Å²) in [5.41, 5.74) is 0.226. The van der Waals surface area contributed by atoms with Crippen LogP contribution < -0.4 is 10.3 Å². The lowest BCUT2D eigenvalue weighted by Gasteiger charge is -2.30. The Hall–Kier alpha value is -1.47. The molecule has 0 aliphatic carbocycles. The molecule has 2 amide bonds. The van der Waals surface area contributed by atoms with Gasteiger partial charge in [-0.25, -0.2) is 4.79 Å². The molecule has 0 saturated carbocycles. The molecule has 1 saturated heterocycles. The highest BCUT2D eigenvalue weighted by Crippen LogP contribution is 2.32. The Labute approximate surface area is 155 Å². The predicted octanol–water partition coefficient (Wildman–Crippen LogP) is 3.58. The van der Waals surface area contributed by atoms with Crippen molar-refractivity contribution in [1.82, 2.24) is 10.3 Å². The van der Waals surface area contributed by atoms with Crippen LogP contribution in [0.3, 0.4) is 0 Å². The molecule has 0 spiro atoms. The lowest BCUT2D eigenvalue weighted by Crippen LogP contribution is -2.47. The molecule has 0 aromatic heterocycles. The second kappa shape index (κ2) is 7.61. The lowest BCUT2D eigenvalue weighted by molar-refractivity contribution is -0.129. The zero-order chi connectivity index (χ0) is 17.9. The molecule has 24 heavy (non-hydrogen) atoms. The van der Waals surface area contributed by atoms with Crippen LogP contribution in [0.2, 0.25) is 5.02 Å². The van der Waals surface area contributed by atoms with Gasteiger partial charge in [0.15, 0.2) is 0 Å². The van der Waals surface area contributed by atoms with Crippen LogP contribution in [-0.2, 0) is 9.53 Å². The van der Waals surface area contributed by atoms with Gasteiger partial charge in [0, 0.05) is 22.6 Å². The van der Waals surface area contributed by atoms with Gasteiger partial charge in [-0.2, -0.15) is 0 Å². The van der Waals surface area contributed by atoms with E-state index in [9.17, 15) is 9.59 Å². The Balaban J connectivity index is 2.01. The molecule has 1 aromatic carbocycles. The fraction of sp³-hybridized carbons (Fsp3) is 0.500. The third-order valence-electron chi connectivity index (χ3n) is 3.29. The quantitative estimate of drug-likeness (QED) is 0.815. The highest BCUT2D eigenvalue weighted by Gasteiger charge is 2.29. The smallest absolute Gasteiger partial charge is 0.408 e. The van der Waals surface area contributed by atoms with Crippen molar-refractivity contribution in [3.63, 3.8) is 0 Å². The van der Waals surface area contributed by atoms with Crippen molar-refractivity contribution in [2.75, 3.05) is 24.6 Å². The van der Waals surface area contributed by atoms with E-state index in [1.165, 1.54) is 0 Å². The van der Waals surface area contributed by atoms with Crippen LogP contribution >= 0.6 is 27.5 Å². The molecule has 1 heterocycles. The average Bonchev–Trinajstić information content (AvgIpc) is 2.95. The number of hydrogen-bond donors (Lipinski definition) is 1. The number of ether oxygens (including phenoxy) is 1. The van der Waals surface area contributed by atoms with E-state index in [4.69, 9.17) is 16.3 Å². The fourth-order valence-electron chi connectivity index (χ4n) is 2.36. The van der Waals surface area contributed by atoms with Gasteiger partial charge in [-0.05, 0) is 61.3 Å². The first-order chi connectivity index (χ1) is 11.2. The van der Waals surface area contributed by atoms with E-state index in [0.29, 0.717) is 18.1 Å². The van der Waals surface area contributed by atoms with E-state index in [1.54, 1.807) is 37.9 Å². The van der Waals surface area contributed by atoms with Crippen molar-refractivity contribution in [3.05, 3.63) is 27.7 Å². The maximum absolute atomic E-state index is 12.5. The molecule has 0 bridgehead atoms. The molecule has 1 aromatic rings. The largest absolute Gasteiger partial charge is 0.444 e. The van der Waals surface area contributed by atoms with Gasteiger partial charge < -0.3 is 10.1 Å². The molecular formula is C16H21BrClN3O3. The summed E-state index contributed by atoms with van der Waals surface area (Å²) in [6.07, 6.45) is 0.238. The molecule has 0 radical (unpaired) electrons. The van der Waals surface area contributed by atoms with Crippen molar-refractivity contribution >= 4 is 45.2 Å². The SMILES string of the molecule is CC(C)(C)OC(=O)NCC(=O)N1CCCN1c1cc(Cl)ccc1Br. The van der Waals surface area contributed by atoms with Gasteiger partial charge in [0.05, 0.1) is 5.69 Å². The van der Waals surface area contributed by atoms with E-state index in [0.717, 1.165) is 16.6 Å². The monoisotopic (exact) mass is 417 g/mol. The number of anilines is 1. The maximum atomic E-state index is 12.5. The zero-order valence-electron chi connectivity index (χ0n) is 13.9. The molecule has 1 aliphatic rings. The summed E-state index contributed by atoms with van der Waals surface area (Å²) >= 11 is 9.55. The zero-order valence-corrected chi connectivity index (χ0v) is 16.3. The van der Waals surface area contributed by atoms with Crippen LogP contribution in [0, 0.1) is 0 Å². The highest BCUT2D eigenvalue weighted by molar-refractivity contribution is 9.10. The normalized spacial score (nSPS) is 14.7. The van der Waals surface area contributed by atoms with Crippen molar-refractivity contribution < 1.29 is 14.3 Å². The summed E-state index contributed by atoms with van der Waals surface area (Å²) in [4.78, 5) is 24.1. The fourth-order valence-corrected chi connectivity index (χ4v) is 2.98. The summed E-state index contributed by atoms with van der Waals surface area (Å²) in [6, 6.07) is 5.43. The second-order valence-corrected chi connectivity index (χ2v) is 7.74. The van der Waals surface area contributed by atoms with Crippen LogP contribution in [0.25, 0.3) is 0 Å². The van der Waals surface area contributed by atoms with E-state index >= 15 is 0 Å². The number of alkyl carbamates (subject to hydrolysis) is 1. The minimum Gasteiger partial charge on any atom is -0.444 e. The highest BCUT2D eigenvalue weighted by atomic mass is 79.9. The van der Waals surface area contributed by atoms with Crippen molar-refractivity contribution in [3.8, 4) is 0 Å². The van der Waals surface area contributed by atoms with Crippen LogP contribution in [-0.4, -0.2) is 42.2 Å². The molecule has 1 fully saturated rings. The standard InChI is InChI=1S/C16H21BrClN3O3/c1-16(2,3)24-15(23)19-10-14(22)21-8-4-7-20(21)13-9-11(18)5-6-12(13)17/h5-6,9H,4,7-8,10H2,1-3H3,(H,19,23). The Bertz CT molecular complexity index is 633. The van der Waals surface area contributed by atoms with Crippen LogP contribution in [0.5, 0.6) is 0 Å². The van der Waals surface area contributed by atoms with Gasteiger partial charge in [0.2, 0.25) is 0 Å². The number of carbonyl (C=O) groups is 2. The number of nitrogens with zero attached hydrogens (tertiary/aromatic N) is 2. The van der Waals surface area contributed by atoms with Crippen LogP contribution in [0.1, 0.15) is 27.2 Å². The number of halogens is 2. The topological polar surface area (TPSA) is 61.9 Å². The first-order valence-corrected chi connectivity index (χ1v) is 8.84. The molecule has 0 unspecified atom stereocenters. The number of carbonyl (C=O) groups excluding carboxylic acids is 2. The molecular weight excluding hydrogens is 398 g/mol. The van der Waals surface area contributed by atoms with Gasteiger partial charge in [-0.1, -0.05) is 11.6 Å². The van der Waals surface area contributed by atoms with Crippen molar-refractivity contribution in [2.45, 2.75) is 32.8 Å². The first-order valence-electron chi connectivity index (χ1n) is 7.67. The summed E-state index contributed by atoms with van der Waals surface area (Å²) < 4.78 is 5.99. The number of amides is 2. The van der Waals surface area contributed by atoms with E-state index in [-0.39, 0.29) is 12.5 Å². The summed E-state index contributed by atoms with van der Waals surface area (Å²) in [5, 5.41) is 6.58. The predicted molar refractivity (Wildman–Crippen MR) is 97.1 cm³/mol. The van der Waals surface area contributed by atoms with Gasteiger partial charge in [-0.15, -0.1) is 0 Å². The molecule has 132 valence electrons. The Morgan fingerprint density at radius 2 is 2.04 bits per heavy atom. The minimum atomic E-state index is -0.606. The first kappa shape index (κ1) is 18.9. The molecule has 6 nitrogen and oxygen atoms in total. The second-order valence-electron chi connectivity index (χ2n) is 6.44. The van der Waals surface area contributed by atoms with Crippen molar-refractivity contribution in [2.24, 2.45) is 0 Å². The molecule has 1 aliphatic heterocycles. The third kappa shape index (κ3) is 5.01. The molecule has 0 atom stereocenters. The molecule has 8 heteroatoms. The van der Waals surface area contributed by atoms with Crippen LogP contribution in [0.4, 0.5) is 10.5 Å². The summed E-state index contributed by atoms with van der Waals surface area (Å²) in [6.45, 7) is 6.49. The Morgan fingerprint density at radius 3 is 2.71 bits per heavy atom. The lowest BCUT2D eigenvalue weighted by atomic mass is 10.2. The number of hydrogen-bond acceptors (Lipinski definition) is 4. The third-order valence-corrected chi connectivity index (χ3v) is 4.19. The number of benzene rings is 1. The van der Waals surface area contributed by atoms with Gasteiger partial charge in [0.1, 0.15) is 12.1 Å². The summed E-state index contributed by atoms with van der Waals surface area (Å²) in [7, 11) is 0. The maximum Gasteiger partial charge on any atom is 0.408 e. The van der Waals surface area contributed by atoms with Crippen molar-refractivity contribution in [1.29, 1.82) is 0 Å². The van der Waals surface area contributed by atoms with E-state index in [2.05, 4.69) is 21.2 Å². The summed E-state index contributed by atoms with van der Waals surface area (Å²) in [5.74, 6) is -0.203. The van der Waals surface area contributed by atoms with Gasteiger partial charge in [0.25, 0.3) is 5.91 Å². The Kier molecular flexibility index (Phi) is 5.98. The van der Waals surface area contributed by atoms with E-state index in [1.807, 2.05) is 11.1 Å². The van der Waals surface area contributed by atoms with Gasteiger partial charge in [-0.3, -0.25) is 14.8 Å².